The summed E-state index contributed by atoms with van der Waals surface area (Å²) in [6.45, 7) is 4.60. The first kappa shape index (κ1) is 16.0. The van der Waals surface area contributed by atoms with Crippen molar-refractivity contribution in [2.24, 2.45) is 5.92 Å². The quantitative estimate of drug-likeness (QED) is 0.916. The van der Waals surface area contributed by atoms with Crippen molar-refractivity contribution >= 4 is 5.91 Å². The summed E-state index contributed by atoms with van der Waals surface area (Å²) >= 11 is 0. The first-order valence-corrected chi connectivity index (χ1v) is 9.46. The normalized spacial score (nSPS) is 31.0. The summed E-state index contributed by atoms with van der Waals surface area (Å²) in [7, 11) is 0. The van der Waals surface area contributed by atoms with Crippen molar-refractivity contribution in [3.05, 3.63) is 30.1 Å². The smallest absolute Gasteiger partial charge is 0.239 e. The van der Waals surface area contributed by atoms with Gasteiger partial charge in [-0.3, -0.25) is 14.7 Å². The van der Waals surface area contributed by atoms with Crippen LogP contribution in [0.15, 0.2) is 24.5 Å². The van der Waals surface area contributed by atoms with E-state index in [2.05, 4.69) is 32.2 Å². The number of fused-ring (bicyclic) bond motifs is 1. The third-order valence-corrected chi connectivity index (χ3v) is 6.00. The molecule has 5 heteroatoms. The van der Waals surface area contributed by atoms with Gasteiger partial charge in [0.15, 0.2) is 0 Å². The zero-order chi connectivity index (χ0) is 16.4. The van der Waals surface area contributed by atoms with E-state index in [1.807, 2.05) is 12.4 Å². The average Bonchev–Trinajstić information content (AvgIpc) is 3.07. The van der Waals surface area contributed by atoms with Crippen LogP contribution in [0.3, 0.4) is 0 Å². The van der Waals surface area contributed by atoms with Crippen LogP contribution in [0.25, 0.3) is 0 Å². The van der Waals surface area contributed by atoms with E-state index in [9.17, 15) is 4.79 Å². The maximum Gasteiger partial charge on any atom is 0.239 e. The lowest BCUT2D eigenvalue weighted by molar-refractivity contribution is -0.135. The molecule has 0 spiro atoms. The minimum Gasteiger partial charge on any atom is -0.339 e. The van der Waals surface area contributed by atoms with Gasteiger partial charge in [0.2, 0.25) is 5.91 Å². The van der Waals surface area contributed by atoms with Gasteiger partial charge in [-0.2, -0.15) is 0 Å². The SMILES string of the molecule is O=C(C1CC2CCCCC2N1)N1CCN(Cc2ccncc2)CC1. The predicted molar refractivity (Wildman–Crippen MR) is 93.4 cm³/mol. The van der Waals surface area contributed by atoms with Crippen LogP contribution in [0.1, 0.15) is 37.7 Å². The minimum atomic E-state index is 0.0739. The Bertz CT molecular complexity index is 542. The molecule has 130 valence electrons. The fraction of sp³-hybridized carbons (Fsp3) is 0.684. The second-order valence-electron chi connectivity index (χ2n) is 7.56. The number of amides is 1. The summed E-state index contributed by atoms with van der Waals surface area (Å²) in [5.74, 6) is 1.08. The lowest BCUT2D eigenvalue weighted by Crippen LogP contribution is -2.53. The van der Waals surface area contributed by atoms with E-state index >= 15 is 0 Å². The number of nitrogens with one attached hydrogen (secondary N) is 1. The third-order valence-electron chi connectivity index (χ3n) is 6.00. The molecule has 3 unspecified atom stereocenters. The van der Waals surface area contributed by atoms with Crippen LogP contribution in [0.5, 0.6) is 0 Å². The van der Waals surface area contributed by atoms with E-state index in [-0.39, 0.29) is 6.04 Å². The maximum atomic E-state index is 12.8. The van der Waals surface area contributed by atoms with Crippen molar-refractivity contribution in [1.82, 2.24) is 20.1 Å². The van der Waals surface area contributed by atoms with Gasteiger partial charge in [0.25, 0.3) is 0 Å². The number of carbonyl (C=O) groups is 1. The fourth-order valence-electron chi connectivity index (χ4n) is 4.60. The minimum absolute atomic E-state index is 0.0739. The topological polar surface area (TPSA) is 48.5 Å². The molecular formula is C19H28N4O. The Labute approximate surface area is 144 Å². The molecule has 1 N–H and O–H groups in total. The van der Waals surface area contributed by atoms with Crippen molar-refractivity contribution in [2.45, 2.75) is 50.7 Å². The molecule has 24 heavy (non-hydrogen) atoms. The van der Waals surface area contributed by atoms with Crippen molar-refractivity contribution < 1.29 is 4.79 Å². The van der Waals surface area contributed by atoms with Gasteiger partial charge in [-0.25, -0.2) is 0 Å². The number of hydrogen-bond donors (Lipinski definition) is 1. The maximum absolute atomic E-state index is 12.8. The molecule has 3 aliphatic rings. The summed E-state index contributed by atoms with van der Waals surface area (Å²) in [6.07, 6.45) is 9.98. The summed E-state index contributed by atoms with van der Waals surface area (Å²) in [5, 5.41) is 3.63. The Morgan fingerprint density at radius 2 is 1.88 bits per heavy atom. The van der Waals surface area contributed by atoms with Crippen molar-refractivity contribution in [3.63, 3.8) is 0 Å². The van der Waals surface area contributed by atoms with E-state index in [1.165, 1.54) is 31.2 Å². The largest absolute Gasteiger partial charge is 0.339 e. The zero-order valence-electron chi connectivity index (χ0n) is 14.4. The van der Waals surface area contributed by atoms with Crippen molar-refractivity contribution in [1.29, 1.82) is 0 Å². The zero-order valence-corrected chi connectivity index (χ0v) is 14.4. The van der Waals surface area contributed by atoms with Gasteiger partial charge in [-0.15, -0.1) is 0 Å². The first-order chi connectivity index (χ1) is 11.8. The van der Waals surface area contributed by atoms with Crippen molar-refractivity contribution in [3.8, 4) is 0 Å². The number of aromatic nitrogens is 1. The van der Waals surface area contributed by atoms with Gasteiger partial charge in [0, 0.05) is 51.2 Å². The Morgan fingerprint density at radius 1 is 1.12 bits per heavy atom. The average molecular weight is 328 g/mol. The fourth-order valence-corrected chi connectivity index (χ4v) is 4.60. The summed E-state index contributed by atoms with van der Waals surface area (Å²) < 4.78 is 0. The second-order valence-corrected chi connectivity index (χ2v) is 7.56. The highest BCUT2D eigenvalue weighted by Gasteiger charge is 2.40. The third kappa shape index (κ3) is 3.47. The molecular weight excluding hydrogens is 300 g/mol. The molecule has 3 atom stereocenters. The molecule has 0 aromatic carbocycles. The highest BCUT2D eigenvalue weighted by Crippen LogP contribution is 2.33. The molecule has 1 aromatic rings. The van der Waals surface area contributed by atoms with E-state index in [0.717, 1.165) is 45.1 Å². The summed E-state index contributed by atoms with van der Waals surface area (Å²) in [6, 6.07) is 4.81. The molecule has 0 radical (unpaired) electrons. The molecule has 3 heterocycles. The lowest BCUT2D eigenvalue weighted by Gasteiger charge is -2.36. The molecule has 4 rings (SSSR count). The van der Waals surface area contributed by atoms with E-state index in [1.54, 1.807) is 0 Å². The number of carbonyl (C=O) groups excluding carboxylic acids is 1. The number of nitrogens with zero attached hydrogens (tertiary/aromatic N) is 3. The molecule has 1 amide bonds. The molecule has 0 bridgehead atoms. The molecule has 1 saturated carbocycles. The van der Waals surface area contributed by atoms with Crippen LogP contribution < -0.4 is 5.32 Å². The van der Waals surface area contributed by atoms with Crippen LogP contribution in [-0.2, 0) is 11.3 Å². The molecule has 1 aromatic heterocycles. The Morgan fingerprint density at radius 3 is 2.62 bits per heavy atom. The monoisotopic (exact) mass is 328 g/mol. The van der Waals surface area contributed by atoms with Crippen molar-refractivity contribution in [2.75, 3.05) is 26.2 Å². The van der Waals surface area contributed by atoms with Gasteiger partial charge >= 0.3 is 0 Å². The number of rotatable bonds is 3. The second kappa shape index (κ2) is 7.19. The molecule has 1 aliphatic carbocycles. The molecule has 2 aliphatic heterocycles. The van der Waals surface area contributed by atoms with E-state index in [0.29, 0.717) is 11.9 Å². The molecule has 5 nitrogen and oxygen atoms in total. The van der Waals surface area contributed by atoms with E-state index in [4.69, 9.17) is 0 Å². The molecule has 3 fully saturated rings. The van der Waals surface area contributed by atoms with Gasteiger partial charge in [0.05, 0.1) is 6.04 Å². The highest BCUT2D eigenvalue weighted by atomic mass is 16.2. The predicted octanol–water partition coefficient (Wildman–Crippen LogP) is 1.65. The summed E-state index contributed by atoms with van der Waals surface area (Å²) in [4.78, 5) is 21.4. The number of piperazine rings is 1. The lowest BCUT2D eigenvalue weighted by atomic mass is 9.85. The van der Waals surface area contributed by atoms with Crippen LogP contribution in [0, 0.1) is 5.92 Å². The van der Waals surface area contributed by atoms with Gasteiger partial charge < -0.3 is 10.2 Å². The van der Waals surface area contributed by atoms with Crippen LogP contribution in [0.2, 0.25) is 0 Å². The van der Waals surface area contributed by atoms with E-state index < -0.39 is 0 Å². The Hall–Kier alpha value is -1.46. The van der Waals surface area contributed by atoms with Crippen LogP contribution >= 0.6 is 0 Å². The van der Waals surface area contributed by atoms with Gasteiger partial charge in [-0.05, 0) is 42.9 Å². The standard InChI is InChI=1S/C19H28N4O/c24-19(18-13-16-3-1-2-4-17(16)21-18)23-11-9-22(10-12-23)14-15-5-7-20-8-6-15/h5-8,16-18,21H,1-4,9-14H2. The highest BCUT2D eigenvalue weighted by molar-refractivity contribution is 5.82. The van der Waals surface area contributed by atoms with Gasteiger partial charge in [-0.1, -0.05) is 12.8 Å². The number of hydrogen-bond acceptors (Lipinski definition) is 4. The first-order valence-electron chi connectivity index (χ1n) is 9.46. The Balaban J connectivity index is 1.27. The Kier molecular flexibility index (Phi) is 4.81. The summed E-state index contributed by atoms with van der Waals surface area (Å²) in [5.41, 5.74) is 1.30. The molecule has 2 saturated heterocycles. The van der Waals surface area contributed by atoms with Crippen LogP contribution in [-0.4, -0.2) is 59.0 Å². The van der Waals surface area contributed by atoms with Crippen LogP contribution in [0.4, 0.5) is 0 Å². The number of pyridine rings is 1. The van der Waals surface area contributed by atoms with Gasteiger partial charge in [0.1, 0.15) is 0 Å².